The van der Waals surface area contributed by atoms with Gasteiger partial charge in [-0.15, -0.1) is 0 Å². The fourth-order valence-corrected chi connectivity index (χ4v) is 2.30. The predicted molar refractivity (Wildman–Crippen MR) is 69.3 cm³/mol. The van der Waals surface area contributed by atoms with Gasteiger partial charge >= 0.3 is 6.18 Å². The molecule has 2 atom stereocenters. The number of piperidine rings is 1. The fraction of sp³-hybridized carbons (Fsp3) is 0.500. The molecule has 1 aromatic carbocycles. The maximum atomic E-state index is 13.6. The SMILES string of the molecule is C[C@H]1CCNC[C@H]1NC(=O)c1cc(C(F)(F)F)ccc1F. The Morgan fingerprint density at radius 3 is 2.71 bits per heavy atom. The molecule has 0 radical (unpaired) electrons. The molecule has 0 bridgehead atoms. The van der Waals surface area contributed by atoms with E-state index in [0.717, 1.165) is 13.0 Å². The summed E-state index contributed by atoms with van der Waals surface area (Å²) < 4.78 is 51.5. The van der Waals surface area contributed by atoms with E-state index in [0.29, 0.717) is 24.7 Å². The molecular formula is C14H16F4N2O. The van der Waals surface area contributed by atoms with Gasteiger partial charge in [-0.25, -0.2) is 4.39 Å². The van der Waals surface area contributed by atoms with Crippen molar-refractivity contribution in [2.45, 2.75) is 25.6 Å². The Morgan fingerprint density at radius 1 is 1.38 bits per heavy atom. The minimum absolute atomic E-state index is 0.184. The molecule has 1 fully saturated rings. The number of hydrogen-bond donors (Lipinski definition) is 2. The van der Waals surface area contributed by atoms with E-state index >= 15 is 0 Å². The molecule has 2 N–H and O–H groups in total. The molecule has 3 nitrogen and oxygen atoms in total. The number of hydrogen-bond acceptors (Lipinski definition) is 2. The zero-order valence-corrected chi connectivity index (χ0v) is 11.4. The summed E-state index contributed by atoms with van der Waals surface area (Å²) in [5, 5.41) is 5.68. The molecule has 0 aromatic heterocycles. The highest BCUT2D eigenvalue weighted by Gasteiger charge is 2.32. The standard InChI is InChI=1S/C14H16F4N2O/c1-8-4-5-19-7-12(8)20-13(21)10-6-9(14(16,17)18)2-3-11(10)15/h2-3,6,8,12,19H,4-5,7H2,1H3,(H,20,21)/t8-,12+/m0/s1. The van der Waals surface area contributed by atoms with Crippen molar-refractivity contribution in [1.29, 1.82) is 0 Å². The summed E-state index contributed by atoms with van der Waals surface area (Å²) in [7, 11) is 0. The van der Waals surface area contributed by atoms with Crippen LogP contribution in [0.15, 0.2) is 18.2 Å². The Balaban J connectivity index is 2.18. The minimum atomic E-state index is -4.61. The second-order valence-electron chi connectivity index (χ2n) is 5.24. The van der Waals surface area contributed by atoms with Gasteiger partial charge in [0.25, 0.3) is 5.91 Å². The third-order valence-electron chi connectivity index (χ3n) is 3.68. The quantitative estimate of drug-likeness (QED) is 0.825. The van der Waals surface area contributed by atoms with Crippen LogP contribution < -0.4 is 10.6 Å². The molecule has 0 unspecified atom stereocenters. The Hall–Kier alpha value is -1.63. The van der Waals surface area contributed by atoms with Gasteiger partial charge in [-0.1, -0.05) is 6.92 Å². The number of carbonyl (C=O) groups excluding carboxylic acids is 1. The highest BCUT2D eigenvalue weighted by atomic mass is 19.4. The van der Waals surface area contributed by atoms with Gasteiger partial charge in [-0.3, -0.25) is 4.79 Å². The van der Waals surface area contributed by atoms with Crippen molar-refractivity contribution in [3.8, 4) is 0 Å². The highest BCUT2D eigenvalue weighted by molar-refractivity contribution is 5.94. The molecular weight excluding hydrogens is 288 g/mol. The molecule has 1 aliphatic heterocycles. The Labute approximate surface area is 119 Å². The molecule has 21 heavy (non-hydrogen) atoms. The minimum Gasteiger partial charge on any atom is -0.348 e. The highest BCUT2D eigenvalue weighted by Crippen LogP contribution is 2.30. The summed E-state index contributed by atoms with van der Waals surface area (Å²) in [5.41, 5.74) is -1.62. The van der Waals surface area contributed by atoms with Crippen LogP contribution in [-0.2, 0) is 6.18 Å². The van der Waals surface area contributed by atoms with E-state index in [1.165, 1.54) is 0 Å². The average molecular weight is 304 g/mol. The smallest absolute Gasteiger partial charge is 0.348 e. The maximum Gasteiger partial charge on any atom is 0.416 e. The van der Waals surface area contributed by atoms with Crippen molar-refractivity contribution in [1.82, 2.24) is 10.6 Å². The molecule has 0 spiro atoms. The fourth-order valence-electron chi connectivity index (χ4n) is 2.30. The predicted octanol–water partition coefficient (Wildman–Crippen LogP) is 2.57. The van der Waals surface area contributed by atoms with Crippen LogP contribution in [-0.4, -0.2) is 25.0 Å². The molecule has 1 saturated heterocycles. The Bertz CT molecular complexity index is 530. The Kier molecular flexibility index (Phi) is 4.51. The van der Waals surface area contributed by atoms with E-state index in [-0.39, 0.29) is 12.0 Å². The molecule has 1 aromatic rings. The van der Waals surface area contributed by atoms with Crippen molar-refractivity contribution in [3.63, 3.8) is 0 Å². The van der Waals surface area contributed by atoms with Crippen LogP contribution in [0.1, 0.15) is 29.3 Å². The average Bonchev–Trinajstić information content (AvgIpc) is 2.40. The molecule has 7 heteroatoms. The van der Waals surface area contributed by atoms with Gasteiger partial charge in [0, 0.05) is 12.6 Å². The number of halogens is 4. The van der Waals surface area contributed by atoms with Gasteiger partial charge in [0.05, 0.1) is 11.1 Å². The van der Waals surface area contributed by atoms with Crippen LogP contribution in [0.3, 0.4) is 0 Å². The number of alkyl halides is 3. The zero-order chi connectivity index (χ0) is 15.6. The lowest BCUT2D eigenvalue weighted by atomic mass is 9.94. The lowest BCUT2D eigenvalue weighted by Crippen LogP contribution is -2.50. The van der Waals surface area contributed by atoms with E-state index in [9.17, 15) is 22.4 Å². The first-order chi connectivity index (χ1) is 9.79. The topological polar surface area (TPSA) is 41.1 Å². The first-order valence-corrected chi connectivity index (χ1v) is 6.67. The molecule has 116 valence electrons. The van der Waals surface area contributed by atoms with E-state index in [1.807, 2.05) is 6.92 Å². The van der Waals surface area contributed by atoms with Gasteiger partial charge in [0.2, 0.25) is 0 Å². The second-order valence-corrected chi connectivity index (χ2v) is 5.24. The van der Waals surface area contributed by atoms with Crippen LogP contribution in [0.25, 0.3) is 0 Å². The van der Waals surface area contributed by atoms with Crippen molar-refractivity contribution in [2.75, 3.05) is 13.1 Å². The van der Waals surface area contributed by atoms with Crippen molar-refractivity contribution >= 4 is 5.91 Å². The summed E-state index contributed by atoms with van der Waals surface area (Å²) in [4.78, 5) is 12.0. The van der Waals surface area contributed by atoms with Crippen LogP contribution in [0.2, 0.25) is 0 Å². The molecule has 2 rings (SSSR count). The van der Waals surface area contributed by atoms with Gasteiger partial charge in [0.1, 0.15) is 5.82 Å². The number of nitrogens with one attached hydrogen (secondary N) is 2. The van der Waals surface area contributed by atoms with Crippen molar-refractivity contribution in [3.05, 3.63) is 35.1 Å². The first kappa shape index (κ1) is 15.8. The van der Waals surface area contributed by atoms with Gasteiger partial charge in [-0.05, 0) is 37.1 Å². The van der Waals surface area contributed by atoms with E-state index in [1.54, 1.807) is 0 Å². The lowest BCUT2D eigenvalue weighted by molar-refractivity contribution is -0.137. The summed E-state index contributed by atoms with van der Waals surface area (Å²) in [6.45, 7) is 3.28. The van der Waals surface area contributed by atoms with Crippen LogP contribution in [0.5, 0.6) is 0 Å². The van der Waals surface area contributed by atoms with Crippen LogP contribution >= 0.6 is 0 Å². The zero-order valence-electron chi connectivity index (χ0n) is 11.4. The summed E-state index contributed by atoms with van der Waals surface area (Å²) >= 11 is 0. The van der Waals surface area contributed by atoms with Gasteiger partial charge < -0.3 is 10.6 Å². The largest absolute Gasteiger partial charge is 0.416 e. The molecule has 1 aliphatic rings. The molecule has 1 heterocycles. The lowest BCUT2D eigenvalue weighted by Gasteiger charge is -2.30. The molecule has 0 aliphatic carbocycles. The summed E-state index contributed by atoms with van der Waals surface area (Å²) in [6, 6.07) is 1.61. The Morgan fingerprint density at radius 2 is 2.10 bits per heavy atom. The normalized spacial score (nSPS) is 22.9. The number of carbonyl (C=O) groups is 1. The summed E-state index contributed by atoms with van der Waals surface area (Å²) in [6.07, 6.45) is -3.77. The van der Waals surface area contributed by atoms with E-state index in [4.69, 9.17) is 0 Å². The third kappa shape index (κ3) is 3.72. The number of benzene rings is 1. The van der Waals surface area contributed by atoms with Crippen molar-refractivity contribution < 1.29 is 22.4 Å². The molecule has 0 saturated carbocycles. The molecule has 1 amide bonds. The number of amides is 1. The van der Waals surface area contributed by atoms with Gasteiger partial charge in [0.15, 0.2) is 0 Å². The van der Waals surface area contributed by atoms with Crippen LogP contribution in [0, 0.1) is 11.7 Å². The first-order valence-electron chi connectivity index (χ1n) is 6.67. The summed E-state index contributed by atoms with van der Waals surface area (Å²) in [5.74, 6) is -1.60. The maximum absolute atomic E-state index is 13.6. The third-order valence-corrected chi connectivity index (χ3v) is 3.68. The van der Waals surface area contributed by atoms with E-state index in [2.05, 4.69) is 10.6 Å². The monoisotopic (exact) mass is 304 g/mol. The second kappa shape index (κ2) is 6.01. The number of rotatable bonds is 2. The van der Waals surface area contributed by atoms with E-state index < -0.39 is 29.0 Å². The van der Waals surface area contributed by atoms with Crippen LogP contribution in [0.4, 0.5) is 17.6 Å². The van der Waals surface area contributed by atoms with Crippen molar-refractivity contribution in [2.24, 2.45) is 5.92 Å². The van der Waals surface area contributed by atoms with Gasteiger partial charge in [-0.2, -0.15) is 13.2 Å².